The number of hydrogen-bond donors (Lipinski definition) is 0. The number of hydrogen-bond acceptors (Lipinski definition) is 5. The van der Waals surface area contributed by atoms with Crippen LogP contribution in [-0.2, 0) is 27.8 Å². The Bertz CT molecular complexity index is 1330. The highest BCUT2D eigenvalue weighted by Crippen LogP contribution is 2.63. The van der Waals surface area contributed by atoms with Crippen molar-refractivity contribution in [1.29, 1.82) is 0 Å². The van der Waals surface area contributed by atoms with Gasteiger partial charge < -0.3 is 14.4 Å². The van der Waals surface area contributed by atoms with Crippen LogP contribution in [0.3, 0.4) is 0 Å². The van der Waals surface area contributed by atoms with Crippen LogP contribution < -0.4 is 9.47 Å². The van der Waals surface area contributed by atoms with Crippen molar-refractivity contribution in [3.63, 3.8) is 0 Å². The summed E-state index contributed by atoms with van der Waals surface area (Å²) in [5.41, 5.74) is 2.90. The molecule has 0 radical (unpaired) electrons. The third-order valence-electron chi connectivity index (χ3n) is 9.25. The molecule has 0 unspecified atom stereocenters. The Hall–Kier alpha value is -2.54. The topological polar surface area (TPSA) is 59.1 Å². The number of likely N-dealkylation sites (N-methyl/N-ethyl adjacent to an activating group) is 1. The number of esters is 1. The number of benzene rings is 2. The average Bonchev–Trinajstić information content (AvgIpc) is 3.21. The zero-order valence-electron chi connectivity index (χ0n) is 21.7. The molecular formula is C30H32Cl2N2O4. The molecule has 2 aliphatic carbocycles. The van der Waals surface area contributed by atoms with Crippen molar-refractivity contribution in [2.24, 2.45) is 5.92 Å². The summed E-state index contributed by atoms with van der Waals surface area (Å²) in [6.45, 7) is 7.20. The van der Waals surface area contributed by atoms with E-state index in [0.29, 0.717) is 27.8 Å². The third kappa shape index (κ3) is 3.87. The highest BCUT2D eigenvalue weighted by Gasteiger charge is 2.66. The van der Waals surface area contributed by atoms with E-state index in [1.165, 1.54) is 12.5 Å². The molecule has 2 heterocycles. The van der Waals surface area contributed by atoms with Crippen LogP contribution >= 0.6 is 23.2 Å². The number of carbonyl (C=O) groups is 2. The first-order chi connectivity index (χ1) is 18.2. The first-order valence-electron chi connectivity index (χ1n) is 13.3. The van der Waals surface area contributed by atoms with Gasteiger partial charge in [-0.1, -0.05) is 35.3 Å². The fourth-order valence-electron chi connectivity index (χ4n) is 7.77. The molecule has 1 amide bonds. The van der Waals surface area contributed by atoms with Gasteiger partial charge >= 0.3 is 5.97 Å². The number of piperidine rings is 1. The summed E-state index contributed by atoms with van der Waals surface area (Å²) in [6.07, 6.45) is 5.70. The number of rotatable bonds is 6. The van der Waals surface area contributed by atoms with Gasteiger partial charge in [0.1, 0.15) is 17.6 Å². The van der Waals surface area contributed by atoms with E-state index in [1.54, 1.807) is 12.1 Å². The van der Waals surface area contributed by atoms with Crippen LogP contribution in [-0.4, -0.2) is 60.0 Å². The molecule has 0 N–H and O–H groups in total. The van der Waals surface area contributed by atoms with E-state index in [4.69, 9.17) is 32.7 Å². The monoisotopic (exact) mass is 554 g/mol. The lowest BCUT2D eigenvalue weighted by Crippen LogP contribution is -2.69. The second-order valence-corrected chi connectivity index (χ2v) is 11.9. The summed E-state index contributed by atoms with van der Waals surface area (Å²) in [7, 11) is 1.90. The number of likely N-dealkylation sites (tertiary alicyclic amines) is 1. The fourth-order valence-corrected chi connectivity index (χ4v) is 8.09. The van der Waals surface area contributed by atoms with E-state index in [-0.39, 0.29) is 35.9 Å². The first kappa shape index (κ1) is 25.7. The smallest absolute Gasteiger partial charge is 0.308 e. The van der Waals surface area contributed by atoms with Crippen LogP contribution in [0, 0.1) is 5.92 Å². The molecule has 2 aromatic rings. The quantitative estimate of drug-likeness (QED) is 0.278. The molecule has 1 spiro atoms. The normalized spacial score (nSPS) is 28.7. The third-order valence-corrected chi connectivity index (χ3v) is 9.99. The van der Waals surface area contributed by atoms with Gasteiger partial charge in [0.25, 0.3) is 0 Å². The molecule has 2 fully saturated rings. The van der Waals surface area contributed by atoms with Gasteiger partial charge in [-0.2, -0.15) is 0 Å². The number of amides is 1. The second kappa shape index (κ2) is 9.58. The van der Waals surface area contributed by atoms with Gasteiger partial charge in [0.15, 0.2) is 0 Å². The van der Waals surface area contributed by atoms with Gasteiger partial charge in [0, 0.05) is 43.1 Å². The Labute approximate surface area is 233 Å². The van der Waals surface area contributed by atoms with E-state index in [0.717, 1.165) is 55.6 Å². The standard InChI is InChI=1S/C30H32Cl2N2O4/c1-4-12-34-13-11-30-20-6-8-23(33(3)27(36)15-18-5-7-21(31)22(32)14-18)29(30)38-26-10-9-25(37-17(2)35)19(28(26)30)16-24(20)34/h4-5,7,9-10,14,20,23-24,29H,1,6,8,11-13,15-16H2,2-3H3/t20-,23-,24+,29-,30-/m0/s1. The first-order valence-corrected chi connectivity index (χ1v) is 14.1. The molecule has 4 aliphatic rings. The number of ether oxygens (including phenoxy) is 2. The maximum atomic E-state index is 13.5. The number of carbonyl (C=O) groups excluding carboxylic acids is 2. The van der Waals surface area contributed by atoms with Crippen molar-refractivity contribution in [1.82, 2.24) is 9.80 Å². The van der Waals surface area contributed by atoms with E-state index < -0.39 is 0 Å². The van der Waals surface area contributed by atoms with Crippen LogP contribution in [0.25, 0.3) is 0 Å². The average molecular weight is 556 g/mol. The Morgan fingerprint density at radius 3 is 2.79 bits per heavy atom. The van der Waals surface area contributed by atoms with Crippen LogP contribution in [0.4, 0.5) is 0 Å². The SMILES string of the molecule is C=CCN1CC[C@@]23c4c5ccc(OC(C)=O)c4C[C@@H]1[C@@H]2CC[C@H](N(C)C(=O)Cc1ccc(Cl)c(Cl)c1)[C@@H]3O5. The van der Waals surface area contributed by atoms with Gasteiger partial charge in [-0.25, -0.2) is 0 Å². The van der Waals surface area contributed by atoms with E-state index in [1.807, 2.05) is 36.2 Å². The van der Waals surface area contributed by atoms with Gasteiger partial charge in [0.2, 0.25) is 5.91 Å². The molecule has 6 nitrogen and oxygen atoms in total. The van der Waals surface area contributed by atoms with Crippen LogP contribution in [0.1, 0.15) is 42.9 Å². The fraction of sp³-hybridized carbons (Fsp3) is 0.467. The van der Waals surface area contributed by atoms with Crippen LogP contribution in [0.5, 0.6) is 11.5 Å². The van der Waals surface area contributed by atoms with Crippen molar-refractivity contribution in [3.8, 4) is 11.5 Å². The summed E-state index contributed by atoms with van der Waals surface area (Å²) in [6, 6.07) is 9.40. The maximum Gasteiger partial charge on any atom is 0.308 e. The Morgan fingerprint density at radius 1 is 1.24 bits per heavy atom. The van der Waals surface area contributed by atoms with Crippen molar-refractivity contribution >= 4 is 35.1 Å². The van der Waals surface area contributed by atoms with E-state index in [2.05, 4.69) is 11.5 Å². The number of halogens is 2. The summed E-state index contributed by atoms with van der Waals surface area (Å²) in [5, 5.41) is 0.925. The molecule has 0 aromatic heterocycles. The van der Waals surface area contributed by atoms with Crippen LogP contribution in [0.2, 0.25) is 10.0 Å². The van der Waals surface area contributed by atoms with E-state index in [9.17, 15) is 9.59 Å². The lowest BCUT2D eigenvalue weighted by Gasteiger charge is -2.60. The maximum absolute atomic E-state index is 13.5. The minimum atomic E-state index is -0.321. The predicted octanol–water partition coefficient (Wildman–Crippen LogP) is 5.21. The molecule has 1 saturated heterocycles. The Balaban J connectivity index is 1.37. The van der Waals surface area contributed by atoms with Crippen molar-refractivity contribution in [2.45, 2.75) is 62.6 Å². The summed E-state index contributed by atoms with van der Waals surface area (Å²) >= 11 is 12.3. The molecule has 6 rings (SSSR count). The Kier molecular flexibility index (Phi) is 6.48. The highest BCUT2D eigenvalue weighted by atomic mass is 35.5. The minimum Gasteiger partial charge on any atom is -0.487 e. The highest BCUT2D eigenvalue weighted by molar-refractivity contribution is 6.42. The lowest BCUT2D eigenvalue weighted by atomic mass is 9.51. The minimum absolute atomic E-state index is 0.0278. The van der Waals surface area contributed by atoms with Gasteiger partial charge in [-0.05, 0) is 68.0 Å². The molecule has 38 heavy (non-hydrogen) atoms. The molecule has 2 aromatic carbocycles. The molecule has 8 heteroatoms. The molecule has 2 bridgehead atoms. The lowest BCUT2D eigenvalue weighted by molar-refractivity contribution is -0.139. The molecular weight excluding hydrogens is 523 g/mol. The molecule has 2 aliphatic heterocycles. The number of nitrogens with zero attached hydrogens (tertiary/aromatic N) is 2. The van der Waals surface area contributed by atoms with Gasteiger partial charge in [-0.15, -0.1) is 6.58 Å². The van der Waals surface area contributed by atoms with Gasteiger partial charge in [-0.3, -0.25) is 14.5 Å². The van der Waals surface area contributed by atoms with Crippen LogP contribution in [0.15, 0.2) is 43.0 Å². The van der Waals surface area contributed by atoms with Gasteiger partial charge in [0.05, 0.1) is 22.5 Å². The van der Waals surface area contributed by atoms with Crippen molar-refractivity contribution in [3.05, 3.63) is 69.7 Å². The van der Waals surface area contributed by atoms with Crippen molar-refractivity contribution < 1.29 is 19.1 Å². The van der Waals surface area contributed by atoms with E-state index >= 15 is 0 Å². The van der Waals surface area contributed by atoms with Crippen molar-refractivity contribution in [2.75, 3.05) is 20.1 Å². The summed E-state index contributed by atoms with van der Waals surface area (Å²) in [5.74, 6) is 1.62. The molecule has 1 saturated carbocycles. The summed E-state index contributed by atoms with van der Waals surface area (Å²) < 4.78 is 12.5. The zero-order chi connectivity index (χ0) is 26.8. The predicted molar refractivity (Wildman–Crippen MR) is 147 cm³/mol. The summed E-state index contributed by atoms with van der Waals surface area (Å²) in [4.78, 5) is 29.9. The molecule has 5 atom stereocenters. The Morgan fingerprint density at radius 2 is 2.05 bits per heavy atom. The molecule has 200 valence electrons. The largest absolute Gasteiger partial charge is 0.487 e. The zero-order valence-corrected chi connectivity index (χ0v) is 23.2. The second-order valence-electron chi connectivity index (χ2n) is 11.1.